The summed E-state index contributed by atoms with van der Waals surface area (Å²) in [6.45, 7) is 0.444. The lowest BCUT2D eigenvalue weighted by atomic mass is 9.98. The second-order valence-corrected chi connectivity index (χ2v) is 4.36. The Balaban J connectivity index is 2.90. The Morgan fingerprint density at radius 3 is 2.55 bits per heavy atom. The number of aliphatic hydroxyl groups is 2. The Hall–Kier alpha value is -1.44. The molecule has 0 radical (unpaired) electrons. The SMILES string of the molecule is CNCCC(O)C(O)c1cccc(C(=O)C(F)(F)F)c1. The van der Waals surface area contributed by atoms with Crippen LogP contribution in [-0.2, 0) is 0 Å². The summed E-state index contributed by atoms with van der Waals surface area (Å²) in [5, 5.41) is 22.3. The number of Topliss-reactive ketones (excluding diaryl/α,β-unsaturated/α-hetero) is 1. The van der Waals surface area contributed by atoms with E-state index in [2.05, 4.69) is 5.32 Å². The van der Waals surface area contributed by atoms with E-state index in [0.717, 1.165) is 12.1 Å². The summed E-state index contributed by atoms with van der Waals surface area (Å²) >= 11 is 0. The molecular formula is C13H16F3NO3. The number of alkyl halides is 3. The molecule has 4 nitrogen and oxygen atoms in total. The van der Waals surface area contributed by atoms with Crippen molar-refractivity contribution in [1.82, 2.24) is 5.32 Å². The number of hydrogen-bond donors (Lipinski definition) is 3. The zero-order valence-corrected chi connectivity index (χ0v) is 10.8. The molecule has 20 heavy (non-hydrogen) atoms. The summed E-state index contributed by atoms with van der Waals surface area (Å²) in [7, 11) is 1.67. The van der Waals surface area contributed by atoms with Crippen molar-refractivity contribution in [2.75, 3.05) is 13.6 Å². The van der Waals surface area contributed by atoms with Gasteiger partial charge in [-0.2, -0.15) is 13.2 Å². The average Bonchev–Trinajstić information content (AvgIpc) is 2.42. The third-order valence-corrected chi connectivity index (χ3v) is 2.80. The molecule has 0 aliphatic rings. The van der Waals surface area contributed by atoms with Gasteiger partial charge in [0, 0.05) is 5.56 Å². The largest absolute Gasteiger partial charge is 0.454 e. The molecule has 0 aliphatic carbocycles. The summed E-state index contributed by atoms with van der Waals surface area (Å²) in [5.41, 5.74) is -0.487. The fraction of sp³-hybridized carbons (Fsp3) is 0.462. The minimum Gasteiger partial charge on any atom is -0.390 e. The van der Waals surface area contributed by atoms with Crippen LogP contribution in [0.3, 0.4) is 0 Å². The molecule has 0 aromatic heterocycles. The van der Waals surface area contributed by atoms with Gasteiger partial charge in [-0.3, -0.25) is 4.79 Å². The summed E-state index contributed by atoms with van der Waals surface area (Å²) in [4.78, 5) is 11.1. The Labute approximate surface area is 114 Å². The molecule has 2 unspecified atom stereocenters. The molecule has 2 atom stereocenters. The van der Waals surface area contributed by atoms with Crippen LogP contribution in [0.15, 0.2) is 24.3 Å². The predicted octanol–water partition coefficient (Wildman–Crippen LogP) is 1.44. The van der Waals surface area contributed by atoms with Crippen LogP contribution >= 0.6 is 0 Å². The van der Waals surface area contributed by atoms with Crippen LogP contribution in [0.1, 0.15) is 28.4 Å². The summed E-state index contributed by atoms with van der Waals surface area (Å²) in [6, 6.07) is 4.57. The standard InChI is InChI=1S/C13H16F3NO3/c1-17-6-5-10(18)11(19)8-3-2-4-9(7-8)12(20)13(14,15)16/h2-4,7,10-11,17-19H,5-6H2,1H3. The zero-order valence-electron chi connectivity index (χ0n) is 10.8. The van der Waals surface area contributed by atoms with Gasteiger partial charge in [-0.25, -0.2) is 0 Å². The molecule has 1 aromatic carbocycles. The number of halogens is 3. The highest BCUT2D eigenvalue weighted by Gasteiger charge is 2.39. The highest BCUT2D eigenvalue weighted by molar-refractivity contribution is 6.00. The number of hydrogen-bond acceptors (Lipinski definition) is 4. The molecule has 1 aromatic rings. The van der Waals surface area contributed by atoms with Crippen molar-refractivity contribution >= 4 is 5.78 Å². The number of rotatable bonds is 6. The van der Waals surface area contributed by atoms with E-state index < -0.39 is 29.7 Å². The molecule has 0 amide bonds. The third kappa shape index (κ3) is 4.29. The first kappa shape index (κ1) is 16.6. The molecule has 7 heteroatoms. The maximum absolute atomic E-state index is 12.3. The van der Waals surface area contributed by atoms with Crippen molar-refractivity contribution in [3.05, 3.63) is 35.4 Å². The normalized spacial score (nSPS) is 14.9. The quantitative estimate of drug-likeness (QED) is 0.694. The molecular weight excluding hydrogens is 275 g/mol. The number of ketones is 1. The van der Waals surface area contributed by atoms with Crippen LogP contribution < -0.4 is 5.32 Å². The topological polar surface area (TPSA) is 69.6 Å². The van der Waals surface area contributed by atoms with Gasteiger partial charge in [0.1, 0.15) is 6.10 Å². The van der Waals surface area contributed by atoms with E-state index in [9.17, 15) is 28.2 Å². The third-order valence-electron chi connectivity index (χ3n) is 2.80. The number of nitrogens with one attached hydrogen (secondary N) is 1. The molecule has 0 spiro atoms. The molecule has 0 heterocycles. The van der Waals surface area contributed by atoms with E-state index in [1.807, 2.05) is 0 Å². The number of benzene rings is 1. The van der Waals surface area contributed by atoms with Gasteiger partial charge in [0.25, 0.3) is 5.78 Å². The minimum atomic E-state index is -4.96. The van der Waals surface area contributed by atoms with Crippen molar-refractivity contribution in [1.29, 1.82) is 0 Å². The van der Waals surface area contributed by atoms with Crippen LogP contribution in [0.2, 0.25) is 0 Å². The van der Waals surface area contributed by atoms with Crippen LogP contribution in [0.5, 0.6) is 0 Å². The molecule has 0 aliphatic heterocycles. The Morgan fingerprint density at radius 1 is 1.35 bits per heavy atom. The fourth-order valence-corrected chi connectivity index (χ4v) is 1.70. The highest BCUT2D eigenvalue weighted by atomic mass is 19.4. The maximum Gasteiger partial charge on any atom is 0.454 e. The second kappa shape index (κ2) is 6.83. The zero-order chi connectivity index (χ0) is 15.3. The van der Waals surface area contributed by atoms with Gasteiger partial charge < -0.3 is 15.5 Å². The Morgan fingerprint density at radius 2 is 2.00 bits per heavy atom. The first-order valence-electron chi connectivity index (χ1n) is 5.99. The van der Waals surface area contributed by atoms with Gasteiger partial charge in [0.2, 0.25) is 0 Å². The molecule has 0 fully saturated rings. The van der Waals surface area contributed by atoms with Gasteiger partial charge in [0.05, 0.1) is 6.10 Å². The van der Waals surface area contributed by atoms with E-state index in [0.29, 0.717) is 6.54 Å². The van der Waals surface area contributed by atoms with Crippen LogP contribution in [0.4, 0.5) is 13.2 Å². The van der Waals surface area contributed by atoms with Crippen LogP contribution in [0, 0.1) is 0 Å². The monoisotopic (exact) mass is 291 g/mol. The van der Waals surface area contributed by atoms with Crippen LogP contribution in [0.25, 0.3) is 0 Å². The van der Waals surface area contributed by atoms with Crippen molar-refractivity contribution in [3.63, 3.8) is 0 Å². The van der Waals surface area contributed by atoms with Crippen molar-refractivity contribution in [3.8, 4) is 0 Å². The first-order valence-corrected chi connectivity index (χ1v) is 5.99. The average molecular weight is 291 g/mol. The molecule has 112 valence electrons. The predicted molar refractivity (Wildman–Crippen MR) is 66.3 cm³/mol. The number of carbonyl (C=O) groups is 1. The fourth-order valence-electron chi connectivity index (χ4n) is 1.70. The molecule has 0 bridgehead atoms. The summed E-state index contributed by atoms with van der Waals surface area (Å²) in [5.74, 6) is -1.98. The van der Waals surface area contributed by atoms with Gasteiger partial charge in [-0.05, 0) is 31.6 Å². The van der Waals surface area contributed by atoms with Gasteiger partial charge in [-0.1, -0.05) is 18.2 Å². The number of carbonyl (C=O) groups excluding carboxylic acids is 1. The van der Waals surface area contributed by atoms with Crippen molar-refractivity contribution in [2.24, 2.45) is 0 Å². The lowest BCUT2D eigenvalue weighted by Gasteiger charge is -2.18. The smallest absolute Gasteiger partial charge is 0.390 e. The Bertz CT molecular complexity index is 462. The van der Waals surface area contributed by atoms with Gasteiger partial charge >= 0.3 is 6.18 Å². The van der Waals surface area contributed by atoms with Crippen LogP contribution in [-0.4, -0.2) is 41.9 Å². The number of aliphatic hydroxyl groups excluding tert-OH is 2. The van der Waals surface area contributed by atoms with E-state index in [1.54, 1.807) is 7.05 Å². The van der Waals surface area contributed by atoms with Crippen molar-refractivity contribution in [2.45, 2.75) is 24.8 Å². The lowest BCUT2D eigenvalue weighted by Crippen LogP contribution is -2.25. The molecule has 0 saturated carbocycles. The molecule has 0 saturated heterocycles. The van der Waals surface area contributed by atoms with E-state index in [1.165, 1.54) is 12.1 Å². The first-order chi connectivity index (χ1) is 9.27. The van der Waals surface area contributed by atoms with Gasteiger partial charge in [0.15, 0.2) is 0 Å². The van der Waals surface area contributed by atoms with Gasteiger partial charge in [-0.15, -0.1) is 0 Å². The van der Waals surface area contributed by atoms with E-state index in [4.69, 9.17) is 0 Å². The Kier molecular flexibility index (Phi) is 5.67. The highest BCUT2D eigenvalue weighted by Crippen LogP contribution is 2.25. The molecule has 3 N–H and O–H groups in total. The maximum atomic E-state index is 12.3. The molecule has 1 rings (SSSR count). The summed E-state index contributed by atoms with van der Waals surface area (Å²) < 4.78 is 37.0. The summed E-state index contributed by atoms with van der Waals surface area (Å²) in [6.07, 6.45) is -7.20. The van der Waals surface area contributed by atoms with Crippen molar-refractivity contribution < 1.29 is 28.2 Å². The van der Waals surface area contributed by atoms with E-state index in [-0.39, 0.29) is 12.0 Å². The second-order valence-electron chi connectivity index (χ2n) is 4.36. The minimum absolute atomic E-state index is 0.0729. The lowest BCUT2D eigenvalue weighted by molar-refractivity contribution is -0.0885. The van der Waals surface area contributed by atoms with E-state index >= 15 is 0 Å².